The molecule has 0 aromatic rings. The predicted molar refractivity (Wildman–Crippen MR) is 157 cm³/mol. The van der Waals surface area contributed by atoms with Crippen LogP contribution in [0.25, 0.3) is 0 Å². The zero-order valence-electron chi connectivity index (χ0n) is 26.6. The first kappa shape index (κ1) is 38.3. The topological polar surface area (TPSA) is 242 Å². The van der Waals surface area contributed by atoms with Gasteiger partial charge >= 0.3 is 0 Å². The Morgan fingerprint density at radius 2 is 1.22 bits per heavy atom. The van der Waals surface area contributed by atoms with Crippen molar-refractivity contribution >= 4 is 23.4 Å². The van der Waals surface area contributed by atoms with E-state index in [9.17, 15) is 49.8 Å². The van der Waals surface area contributed by atoms with Crippen molar-refractivity contribution in [2.75, 3.05) is 19.8 Å². The van der Waals surface area contributed by atoms with Gasteiger partial charge in [-0.05, 0) is 52.9 Å². The number of nitrogens with one attached hydrogen (secondary N) is 1. The molecule has 0 spiro atoms. The number of hydrogen-bond acceptors (Lipinski definition) is 14. The van der Waals surface area contributed by atoms with Gasteiger partial charge in [0.1, 0.15) is 48.4 Å². The van der Waals surface area contributed by atoms with Crippen LogP contribution >= 0.6 is 0 Å². The van der Waals surface area contributed by atoms with Crippen LogP contribution < -0.4 is 5.32 Å². The molecule has 3 fully saturated rings. The van der Waals surface area contributed by atoms with Crippen molar-refractivity contribution in [3.05, 3.63) is 0 Å². The summed E-state index contributed by atoms with van der Waals surface area (Å²) in [6.07, 6.45) is -10.4. The zero-order chi connectivity index (χ0) is 34.1. The van der Waals surface area contributed by atoms with Gasteiger partial charge in [0, 0.05) is 25.8 Å². The fraction of sp³-hybridized carbons (Fsp3) is 0.867. The minimum atomic E-state index is -1.49. The Hall–Kier alpha value is -2.12. The summed E-state index contributed by atoms with van der Waals surface area (Å²) in [5.74, 6) is -1.15. The third-order valence-corrected chi connectivity index (χ3v) is 8.67. The van der Waals surface area contributed by atoms with Gasteiger partial charge in [-0.25, -0.2) is 0 Å². The lowest BCUT2D eigenvalue weighted by Crippen LogP contribution is -2.57. The molecule has 2 amide bonds. The second-order valence-electron chi connectivity index (χ2n) is 12.3. The molecule has 16 nitrogen and oxygen atoms in total. The summed E-state index contributed by atoms with van der Waals surface area (Å²) in [7, 11) is 0. The van der Waals surface area contributed by atoms with Gasteiger partial charge in [0.25, 0.3) is 0 Å². The van der Waals surface area contributed by atoms with Crippen LogP contribution in [0.1, 0.15) is 72.1 Å². The molecule has 3 aliphatic rings. The van der Waals surface area contributed by atoms with E-state index in [1.165, 1.54) is 25.7 Å². The number of rotatable bonds is 16. The number of aliphatic hydroxyl groups is 6. The molecule has 264 valence electrons. The molecular weight excluding hydrogens is 612 g/mol. The van der Waals surface area contributed by atoms with E-state index in [2.05, 4.69) is 5.32 Å². The van der Waals surface area contributed by atoms with Crippen molar-refractivity contribution in [3.8, 4) is 0 Å². The average Bonchev–Trinajstić information content (AvgIpc) is 3.47. The van der Waals surface area contributed by atoms with Gasteiger partial charge in [0.2, 0.25) is 11.8 Å². The summed E-state index contributed by atoms with van der Waals surface area (Å²) in [4.78, 5) is 52.4. The highest BCUT2D eigenvalue weighted by Gasteiger charge is 2.45. The summed E-state index contributed by atoms with van der Waals surface area (Å²) in [5.41, 5.74) is 0. The minimum absolute atomic E-state index is 0.000879. The molecule has 0 radical (unpaired) electrons. The van der Waals surface area contributed by atoms with Crippen LogP contribution in [-0.2, 0) is 38.1 Å². The number of nitrogens with zero attached hydrogens (tertiary/aromatic N) is 1. The molecule has 0 bridgehead atoms. The smallest absolute Gasteiger partial charge is 0.242 e. The summed E-state index contributed by atoms with van der Waals surface area (Å²) < 4.78 is 21.7. The summed E-state index contributed by atoms with van der Waals surface area (Å²) in [5, 5.41) is 62.4. The number of amides is 2. The van der Waals surface area contributed by atoms with Crippen LogP contribution in [0.15, 0.2) is 0 Å². The average molecular weight is 663 g/mol. The van der Waals surface area contributed by atoms with Gasteiger partial charge in [-0.3, -0.25) is 14.4 Å². The molecule has 12 atom stereocenters. The number of ketones is 2. The lowest BCUT2D eigenvalue weighted by atomic mass is 10.00. The van der Waals surface area contributed by atoms with Crippen molar-refractivity contribution < 1.29 is 68.8 Å². The van der Waals surface area contributed by atoms with Gasteiger partial charge in [0.15, 0.2) is 18.4 Å². The molecule has 3 saturated heterocycles. The van der Waals surface area contributed by atoms with Crippen LogP contribution in [0.5, 0.6) is 0 Å². The lowest BCUT2D eigenvalue weighted by Gasteiger charge is -2.38. The normalized spacial score (nSPS) is 36.4. The first-order chi connectivity index (χ1) is 21.7. The molecule has 3 heterocycles. The van der Waals surface area contributed by atoms with Crippen LogP contribution in [0, 0.1) is 0 Å². The summed E-state index contributed by atoms with van der Waals surface area (Å²) >= 11 is 0. The van der Waals surface area contributed by atoms with E-state index >= 15 is 0 Å². The SMILES string of the molecule is CC(=O)CCCCC(=O)N1C(C(=O)CCCO[C@@H]2O[C@@H](C)[C@@H](O)[C@@H](O)[C@@H]2O)CC[C@H]1C(=O)NCCO[C@@H]1O[C@@H](C)[C@@H](O)[C@@H](O)[C@@H]1O. The highest BCUT2D eigenvalue weighted by Crippen LogP contribution is 2.28. The molecule has 46 heavy (non-hydrogen) atoms. The monoisotopic (exact) mass is 662 g/mol. The molecular formula is C30H50N2O14. The Kier molecular flexibility index (Phi) is 14.9. The van der Waals surface area contributed by atoms with Crippen LogP contribution in [0.3, 0.4) is 0 Å². The lowest BCUT2D eigenvalue weighted by molar-refractivity contribution is -0.293. The molecule has 0 aromatic carbocycles. The Morgan fingerprint density at radius 1 is 0.696 bits per heavy atom. The van der Waals surface area contributed by atoms with E-state index < -0.39 is 79.4 Å². The standard InChI is InChI=1S/C30H50N2O14/c1-15(33)7-4-5-9-21(35)32-18(20(34)8-6-13-43-29-26(40)24(38)22(36)16(2)45-29)10-11-19(32)28(42)31-12-14-44-30-27(41)25(39)23(37)17(3)46-30/h16-19,22-27,29-30,36-41H,4-14H2,1-3H3,(H,31,42)/t16-,17-,18?,19-,22+,23+,24+,25+,26-,27-,29+,30+/m0/s1. The van der Waals surface area contributed by atoms with E-state index in [1.807, 2.05) is 0 Å². The number of carbonyl (C=O) groups is 4. The van der Waals surface area contributed by atoms with Gasteiger partial charge in [0.05, 0.1) is 31.5 Å². The molecule has 7 N–H and O–H groups in total. The number of ether oxygens (including phenoxy) is 4. The molecule has 3 aliphatic heterocycles. The molecule has 0 aromatic heterocycles. The van der Waals surface area contributed by atoms with Crippen molar-refractivity contribution in [2.24, 2.45) is 0 Å². The number of Topliss-reactive ketones (excluding diaryl/α,β-unsaturated/α-hetero) is 2. The van der Waals surface area contributed by atoms with Gasteiger partial charge < -0.3 is 64.6 Å². The van der Waals surface area contributed by atoms with E-state index in [4.69, 9.17) is 18.9 Å². The van der Waals surface area contributed by atoms with Crippen molar-refractivity contribution in [1.82, 2.24) is 10.2 Å². The highest BCUT2D eigenvalue weighted by atomic mass is 16.7. The van der Waals surface area contributed by atoms with Gasteiger partial charge in [-0.15, -0.1) is 0 Å². The number of unbranched alkanes of at least 4 members (excludes halogenated alkanes) is 1. The Bertz CT molecular complexity index is 970. The number of carbonyl (C=O) groups excluding carboxylic acids is 4. The van der Waals surface area contributed by atoms with Crippen molar-refractivity contribution in [3.63, 3.8) is 0 Å². The Labute approximate surface area is 267 Å². The maximum atomic E-state index is 13.3. The molecule has 1 unspecified atom stereocenters. The Balaban J connectivity index is 1.53. The van der Waals surface area contributed by atoms with Gasteiger partial charge in [-0.1, -0.05) is 0 Å². The van der Waals surface area contributed by atoms with Crippen LogP contribution in [0.4, 0.5) is 0 Å². The van der Waals surface area contributed by atoms with E-state index in [1.54, 1.807) is 0 Å². The fourth-order valence-corrected chi connectivity index (χ4v) is 5.89. The van der Waals surface area contributed by atoms with Crippen molar-refractivity contribution in [1.29, 1.82) is 0 Å². The van der Waals surface area contributed by atoms with E-state index in [0.29, 0.717) is 19.3 Å². The zero-order valence-corrected chi connectivity index (χ0v) is 26.6. The number of hydrogen-bond donors (Lipinski definition) is 7. The first-order valence-corrected chi connectivity index (χ1v) is 16.0. The summed E-state index contributed by atoms with van der Waals surface area (Å²) in [6, 6.07) is -1.76. The predicted octanol–water partition coefficient (Wildman–Crippen LogP) is -2.35. The largest absolute Gasteiger partial charge is 0.388 e. The second-order valence-corrected chi connectivity index (χ2v) is 12.3. The molecule has 0 aliphatic carbocycles. The third kappa shape index (κ3) is 9.95. The van der Waals surface area contributed by atoms with Crippen LogP contribution in [0.2, 0.25) is 0 Å². The van der Waals surface area contributed by atoms with Crippen LogP contribution in [-0.4, -0.2) is 152 Å². The summed E-state index contributed by atoms with van der Waals surface area (Å²) in [6.45, 7) is 4.37. The van der Waals surface area contributed by atoms with E-state index in [-0.39, 0.29) is 69.3 Å². The fourth-order valence-electron chi connectivity index (χ4n) is 5.89. The first-order valence-electron chi connectivity index (χ1n) is 16.0. The maximum absolute atomic E-state index is 13.3. The second kappa shape index (κ2) is 17.9. The maximum Gasteiger partial charge on any atom is 0.242 e. The quantitative estimate of drug-likeness (QED) is 0.0857. The third-order valence-electron chi connectivity index (χ3n) is 8.67. The number of likely N-dealkylation sites (tertiary alicyclic amines) is 1. The Morgan fingerprint density at radius 3 is 1.78 bits per heavy atom. The van der Waals surface area contributed by atoms with Gasteiger partial charge in [-0.2, -0.15) is 0 Å². The highest BCUT2D eigenvalue weighted by molar-refractivity contribution is 5.94. The molecule has 0 saturated carbocycles. The number of aliphatic hydroxyl groups excluding tert-OH is 6. The van der Waals surface area contributed by atoms with Crippen molar-refractivity contribution in [2.45, 2.75) is 146 Å². The molecule has 3 rings (SSSR count). The van der Waals surface area contributed by atoms with E-state index in [0.717, 1.165) is 0 Å². The minimum Gasteiger partial charge on any atom is -0.388 e. The molecule has 16 heteroatoms.